The molecule has 0 unspecified atom stereocenters. The van der Waals surface area contributed by atoms with Crippen molar-refractivity contribution in [2.24, 2.45) is 0 Å². The number of hydrogen-bond donors (Lipinski definition) is 1. The first-order valence-corrected chi connectivity index (χ1v) is 11.5. The number of amides is 2. The summed E-state index contributed by atoms with van der Waals surface area (Å²) >= 11 is 1.57. The fourth-order valence-electron chi connectivity index (χ4n) is 4.78. The van der Waals surface area contributed by atoms with Crippen LogP contribution in [0.15, 0.2) is 24.3 Å². The second kappa shape index (κ2) is 7.54. The standard InChI is InChI=1S/C23H26N4O2S/c1-14-19-13-21(30-23(19)27(25-14)18-6-4-3-5-7-18)22(29)26-11-10-16-12-17(24-15(2)28)8-9-20(16)26/h8-9,12-13,18H,3-7,10-11H2,1-2H3,(H,24,28). The van der Waals surface area contributed by atoms with E-state index in [2.05, 4.69) is 10.00 Å². The number of nitrogens with one attached hydrogen (secondary N) is 1. The van der Waals surface area contributed by atoms with Gasteiger partial charge in [0, 0.05) is 30.2 Å². The lowest BCUT2D eigenvalue weighted by molar-refractivity contribution is -0.114. The molecule has 6 nitrogen and oxygen atoms in total. The van der Waals surface area contributed by atoms with Gasteiger partial charge in [-0.2, -0.15) is 5.10 Å². The summed E-state index contributed by atoms with van der Waals surface area (Å²) in [7, 11) is 0. The minimum absolute atomic E-state index is 0.0526. The third-order valence-electron chi connectivity index (χ3n) is 6.24. The maximum Gasteiger partial charge on any atom is 0.268 e. The summed E-state index contributed by atoms with van der Waals surface area (Å²) in [6.07, 6.45) is 6.97. The number of aryl methyl sites for hydroxylation is 1. The van der Waals surface area contributed by atoms with E-state index >= 15 is 0 Å². The summed E-state index contributed by atoms with van der Waals surface area (Å²) in [4.78, 5) is 28.5. The Morgan fingerprint density at radius 2 is 1.97 bits per heavy atom. The lowest BCUT2D eigenvalue weighted by atomic mass is 9.96. The zero-order valence-corrected chi connectivity index (χ0v) is 18.2. The van der Waals surface area contributed by atoms with Crippen LogP contribution in [0.5, 0.6) is 0 Å². The summed E-state index contributed by atoms with van der Waals surface area (Å²) < 4.78 is 2.18. The van der Waals surface area contributed by atoms with E-state index in [4.69, 9.17) is 5.10 Å². The summed E-state index contributed by atoms with van der Waals surface area (Å²) in [5.41, 5.74) is 3.82. The lowest BCUT2D eigenvalue weighted by Crippen LogP contribution is -2.28. The zero-order chi connectivity index (χ0) is 20.8. The van der Waals surface area contributed by atoms with E-state index in [0.29, 0.717) is 12.6 Å². The molecule has 0 bridgehead atoms. The second-order valence-corrected chi connectivity index (χ2v) is 9.41. The van der Waals surface area contributed by atoms with Crippen LogP contribution in [0.25, 0.3) is 10.2 Å². The van der Waals surface area contributed by atoms with Crippen LogP contribution in [0.4, 0.5) is 11.4 Å². The average Bonchev–Trinajstić information content (AvgIpc) is 3.42. The highest BCUT2D eigenvalue weighted by Gasteiger charge is 2.29. The van der Waals surface area contributed by atoms with E-state index < -0.39 is 0 Å². The highest BCUT2D eigenvalue weighted by molar-refractivity contribution is 7.20. The number of anilines is 2. The van der Waals surface area contributed by atoms with Gasteiger partial charge in [-0.15, -0.1) is 11.3 Å². The van der Waals surface area contributed by atoms with E-state index in [1.807, 2.05) is 36.1 Å². The van der Waals surface area contributed by atoms with E-state index in [0.717, 1.165) is 44.1 Å². The smallest absolute Gasteiger partial charge is 0.268 e. The Bertz CT molecular complexity index is 1140. The fraction of sp³-hybridized carbons (Fsp3) is 0.435. The average molecular weight is 423 g/mol. The highest BCUT2D eigenvalue weighted by atomic mass is 32.1. The summed E-state index contributed by atoms with van der Waals surface area (Å²) in [5.74, 6) is -0.0367. The Balaban J connectivity index is 1.44. The molecule has 156 valence electrons. The monoisotopic (exact) mass is 422 g/mol. The van der Waals surface area contributed by atoms with Crippen molar-refractivity contribution in [2.45, 2.75) is 58.4 Å². The SMILES string of the molecule is CC(=O)Nc1ccc2c(c1)CCN2C(=O)c1cc2c(C)nn(C3CCCCC3)c2s1. The number of rotatable bonds is 3. The molecule has 2 aliphatic rings. The molecule has 3 heterocycles. The molecule has 0 atom stereocenters. The molecule has 2 amide bonds. The number of carbonyl (C=O) groups excluding carboxylic acids is 2. The minimum atomic E-state index is -0.0893. The van der Waals surface area contributed by atoms with Gasteiger partial charge in [0.1, 0.15) is 4.83 Å². The number of hydrogen-bond acceptors (Lipinski definition) is 4. The number of aromatic nitrogens is 2. The third kappa shape index (κ3) is 3.31. The van der Waals surface area contributed by atoms with Crippen molar-refractivity contribution in [3.8, 4) is 0 Å². The Morgan fingerprint density at radius 1 is 1.17 bits per heavy atom. The number of benzene rings is 1. The molecule has 1 N–H and O–H groups in total. The van der Waals surface area contributed by atoms with Crippen molar-refractivity contribution in [3.05, 3.63) is 40.4 Å². The van der Waals surface area contributed by atoms with Gasteiger partial charge in [-0.1, -0.05) is 19.3 Å². The Hall–Kier alpha value is -2.67. The topological polar surface area (TPSA) is 67.2 Å². The fourth-order valence-corrected chi connectivity index (χ4v) is 5.96. The van der Waals surface area contributed by atoms with Crippen molar-refractivity contribution >= 4 is 44.7 Å². The normalized spacial score (nSPS) is 16.8. The van der Waals surface area contributed by atoms with Gasteiger partial charge in [-0.3, -0.25) is 14.3 Å². The minimum Gasteiger partial charge on any atom is -0.326 e. The molecule has 1 aliphatic heterocycles. The van der Waals surface area contributed by atoms with Gasteiger partial charge >= 0.3 is 0 Å². The molecule has 0 saturated heterocycles. The first-order valence-electron chi connectivity index (χ1n) is 10.7. The van der Waals surface area contributed by atoms with E-state index in [9.17, 15) is 9.59 Å². The molecule has 1 aliphatic carbocycles. The molecule has 1 saturated carbocycles. The highest BCUT2D eigenvalue weighted by Crippen LogP contribution is 2.37. The van der Waals surface area contributed by atoms with E-state index in [1.54, 1.807) is 11.3 Å². The van der Waals surface area contributed by atoms with Gasteiger partial charge < -0.3 is 10.2 Å². The van der Waals surface area contributed by atoms with Crippen LogP contribution >= 0.6 is 11.3 Å². The number of thiophene rings is 1. The zero-order valence-electron chi connectivity index (χ0n) is 17.4. The molecule has 30 heavy (non-hydrogen) atoms. The van der Waals surface area contributed by atoms with Crippen LogP contribution in [0.3, 0.4) is 0 Å². The molecular weight excluding hydrogens is 396 g/mol. The van der Waals surface area contributed by atoms with Crippen molar-refractivity contribution in [1.29, 1.82) is 0 Å². The molecule has 2 aromatic heterocycles. The van der Waals surface area contributed by atoms with E-state index in [-0.39, 0.29) is 11.8 Å². The Morgan fingerprint density at radius 3 is 2.73 bits per heavy atom. The molecule has 7 heteroatoms. The lowest BCUT2D eigenvalue weighted by Gasteiger charge is -2.22. The molecule has 0 radical (unpaired) electrons. The maximum absolute atomic E-state index is 13.4. The third-order valence-corrected chi connectivity index (χ3v) is 7.35. The first-order chi connectivity index (χ1) is 14.5. The van der Waals surface area contributed by atoms with Crippen LogP contribution in [0.2, 0.25) is 0 Å². The second-order valence-electron chi connectivity index (χ2n) is 8.38. The Labute approximate surface area is 179 Å². The van der Waals surface area contributed by atoms with Crippen LogP contribution in [0.1, 0.15) is 66.0 Å². The predicted octanol–water partition coefficient (Wildman–Crippen LogP) is 5.07. The van der Waals surface area contributed by atoms with Crippen LogP contribution in [0, 0.1) is 6.92 Å². The van der Waals surface area contributed by atoms with Gasteiger partial charge in [0.2, 0.25) is 5.91 Å². The summed E-state index contributed by atoms with van der Waals surface area (Å²) in [5, 5.41) is 8.73. The molecule has 3 aromatic rings. The number of fused-ring (bicyclic) bond motifs is 2. The van der Waals surface area contributed by atoms with Gasteiger partial charge in [-0.25, -0.2) is 0 Å². The van der Waals surface area contributed by atoms with Crippen molar-refractivity contribution in [2.75, 3.05) is 16.8 Å². The maximum atomic E-state index is 13.4. The Kier molecular flexibility index (Phi) is 4.85. The van der Waals surface area contributed by atoms with Crippen LogP contribution < -0.4 is 10.2 Å². The van der Waals surface area contributed by atoms with E-state index in [1.165, 1.54) is 39.0 Å². The molecule has 5 rings (SSSR count). The van der Waals surface area contributed by atoms with Crippen molar-refractivity contribution in [1.82, 2.24) is 9.78 Å². The number of nitrogens with zero attached hydrogens (tertiary/aromatic N) is 3. The molecular formula is C23H26N4O2S. The first kappa shape index (κ1) is 19.3. The molecule has 0 spiro atoms. The predicted molar refractivity (Wildman–Crippen MR) is 121 cm³/mol. The number of carbonyl (C=O) groups is 2. The largest absolute Gasteiger partial charge is 0.326 e. The summed E-state index contributed by atoms with van der Waals surface area (Å²) in [6.45, 7) is 4.21. The van der Waals surface area contributed by atoms with Gasteiger partial charge in [0.05, 0.1) is 16.6 Å². The van der Waals surface area contributed by atoms with Gasteiger partial charge in [0.25, 0.3) is 5.91 Å². The molecule has 1 fully saturated rings. The van der Waals surface area contributed by atoms with Crippen LogP contribution in [-0.2, 0) is 11.2 Å². The van der Waals surface area contributed by atoms with Crippen molar-refractivity contribution < 1.29 is 9.59 Å². The quantitative estimate of drug-likeness (QED) is 0.641. The summed E-state index contributed by atoms with van der Waals surface area (Å²) in [6, 6.07) is 8.25. The van der Waals surface area contributed by atoms with Crippen molar-refractivity contribution in [3.63, 3.8) is 0 Å². The van der Waals surface area contributed by atoms with Gasteiger partial charge in [0.15, 0.2) is 0 Å². The van der Waals surface area contributed by atoms with Gasteiger partial charge in [-0.05, 0) is 56.0 Å². The van der Waals surface area contributed by atoms with Crippen LogP contribution in [-0.4, -0.2) is 28.1 Å². The molecule has 1 aromatic carbocycles.